The van der Waals surface area contributed by atoms with Crippen molar-refractivity contribution in [3.63, 3.8) is 0 Å². The summed E-state index contributed by atoms with van der Waals surface area (Å²) >= 11 is 0. The molecule has 0 atom stereocenters. The monoisotopic (exact) mass is 342 g/mol. The lowest BCUT2D eigenvalue weighted by Crippen LogP contribution is -2.41. The van der Waals surface area contributed by atoms with E-state index >= 15 is 0 Å². The predicted octanol–water partition coefficient (Wildman–Crippen LogP) is 3.20. The molecule has 3 rings (SSSR count). The molecule has 0 saturated carbocycles. The molecule has 2 heterocycles. The zero-order chi connectivity index (χ0) is 18.2. The minimum atomic E-state index is -0.331. The van der Waals surface area contributed by atoms with Gasteiger partial charge in [-0.2, -0.15) is 0 Å². The van der Waals surface area contributed by atoms with Crippen LogP contribution in [0.3, 0.4) is 0 Å². The summed E-state index contributed by atoms with van der Waals surface area (Å²) in [6, 6.07) is 8.35. The van der Waals surface area contributed by atoms with Crippen LogP contribution in [0.4, 0.5) is 4.79 Å². The largest absolute Gasteiger partial charge is 0.487 e. The van der Waals surface area contributed by atoms with E-state index < -0.39 is 0 Å². The van der Waals surface area contributed by atoms with E-state index in [1.807, 2.05) is 51.7 Å². The van der Waals surface area contributed by atoms with Gasteiger partial charge in [-0.3, -0.25) is 0 Å². The zero-order valence-electron chi connectivity index (χ0n) is 15.8. The Morgan fingerprint density at radius 3 is 2.20 bits per heavy atom. The van der Waals surface area contributed by atoms with Crippen molar-refractivity contribution in [2.45, 2.75) is 45.4 Å². The maximum Gasteiger partial charge on any atom is 0.487 e. The Morgan fingerprint density at radius 1 is 1.08 bits per heavy atom. The van der Waals surface area contributed by atoms with E-state index in [0.29, 0.717) is 6.54 Å². The highest BCUT2D eigenvalue weighted by atomic mass is 16.7. The Balaban J connectivity index is 1.59. The maximum atomic E-state index is 11.9. The average Bonchev–Trinajstić information content (AvgIpc) is 2.96. The highest BCUT2D eigenvalue weighted by Gasteiger charge is 2.49. The van der Waals surface area contributed by atoms with E-state index in [9.17, 15) is 4.79 Å². The molecule has 0 bridgehead atoms. The van der Waals surface area contributed by atoms with E-state index in [1.54, 1.807) is 4.90 Å². The molecule has 0 aliphatic carbocycles. The van der Waals surface area contributed by atoms with Crippen molar-refractivity contribution in [3.8, 4) is 0 Å². The first-order valence-electron chi connectivity index (χ1n) is 8.81. The van der Waals surface area contributed by atoms with E-state index in [2.05, 4.69) is 24.3 Å². The van der Waals surface area contributed by atoms with Gasteiger partial charge in [-0.25, -0.2) is 4.79 Å². The molecule has 0 aromatic heterocycles. The molecule has 6 heteroatoms. The molecular formula is C19H27BN2O3. The van der Waals surface area contributed by atoms with Crippen LogP contribution in [0.1, 0.15) is 38.8 Å². The van der Waals surface area contributed by atoms with Gasteiger partial charge in [-0.15, -0.1) is 0 Å². The number of rotatable bonds is 4. The van der Waals surface area contributed by atoms with Gasteiger partial charge in [0.05, 0.1) is 11.2 Å². The number of benzene rings is 1. The number of carbonyl (C=O) groups excluding carboxylic acids is 1. The van der Waals surface area contributed by atoms with Gasteiger partial charge in [-0.1, -0.05) is 36.3 Å². The number of hydrogen-bond acceptors (Lipinski definition) is 3. The Kier molecular flexibility index (Phi) is 4.69. The summed E-state index contributed by atoms with van der Waals surface area (Å²) in [6.45, 7) is 10.4. The van der Waals surface area contributed by atoms with Crippen LogP contribution in [0.15, 0.2) is 30.2 Å². The smallest absolute Gasteiger partial charge is 0.400 e. The Labute approximate surface area is 150 Å². The van der Waals surface area contributed by atoms with Gasteiger partial charge in [0.1, 0.15) is 0 Å². The van der Waals surface area contributed by atoms with Crippen LogP contribution < -0.4 is 0 Å². The number of amides is 2. The summed E-state index contributed by atoms with van der Waals surface area (Å²) < 4.78 is 11.9. The van der Waals surface area contributed by atoms with Crippen molar-refractivity contribution in [1.29, 1.82) is 0 Å². The van der Waals surface area contributed by atoms with Crippen molar-refractivity contribution in [3.05, 3.63) is 41.4 Å². The number of hydrogen-bond donors (Lipinski definition) is 0. The fourth-order valence-corrected chi connectivity index (χ4v) is 2.96. The normalized spacial score (nSPS) is 22.4. The SMILES string of the molecule is CN1CCN(Cc2ccc(/C=C/B3OC(C)(C)C(C)(C)O3)cc2)C1=O. The van der Waals surface area contributed by atoms with E-state index in [1.165, 1.54) is 0 Å². The van der Waals surface area contributed by atoms with E-state index in [-0.39, 0.29) is 24.4 Å². The first kappa shape index (κ1) is 18.0. The van der Waals surface area contributed by atoms with Gasteiger partial charge < -0.3 is 19.1 Å². The summed E-state index contributed by atoms with van der Waals surface area (Å²) in [6.07, 6.45) is 2.01. The molecule has 2 saturated heterocycles. The highest BCUT2D eigenvalue weighted by molar-refractivity contribution is 6.52. The second-order valence-electron chi connectivity index (χ2n) is 7.85. The van der Waals surface area contributed by atoms with Gasteiger partial charge in [0.15, 0.2) is 0 Å². The van der Waals surface area contributed by atoms with Crippen molar-refractivity contribution in [1.82, 2.24) is 9.80 Å². The minimum Gasteiger partial charge on any atom is -0.400 e. The first-order valence-corrected chi connectivity index (χ1v) is 8.81. The molecule has 5 nitrogen and oxygen atoms in total. The molecule has 2 amide bonds. The fourth-order valence-electron chi connectivity index (χ4n) is 2.96. The van der Waals surface area contributed by atoms with Crippen molar-refractivity contribution in [2.24, 2.45) is 0 Å². The minimum absolute atomic E-state index is 0.102. The van der Waals surface area contributed by atoms with Gasteiger partial charge in [-0.05, 0) is 38.8 Å². The quantitative estimate of drug-likeness (QED) is 0.789. The van der Waals surface area contributed by atoms with Crippen LogP contribution >= 0.6 is 0 Å². The summed E-state index contributed by atoms with van der Waals surface area (Å²) in [4.78, 5) is 15.6. The molecule has 25 heavy (non-hydrogen) atoms. The molecule has 2 aliphatic heterocycles. The number of nitrogens with zero attached hydrogens (tertiary/aromatic N) is 2. The van der Waals surface area contributed by atoms with Crippen LogP contribution in [-0.4, -0.2) is 54.3 Å². The molecule has 134 valence electrons. The molecule has 0 unspecified atom stereocenters. The van der Waals surface area contributed by atoms with Gasteiger partial charge in [0, 0.05) is 26.7 Å². The molecule has 1 aromatic rings. The standard InChI is InChI=1S/C19H27BN2O3/c1-18(2)19(3,4)25-20(24-18)11-10-15-6-8-16(9-7-15)14-22-13-12-21(5)17(22)23/h6-11H,12-14H2,1-5H3/b11-10+. The summed E-state index contributed by atoms with van der Waals surface area (Å²) in [7, 11) is 1.51. The zero-order valence-corrected chi connectivity index (χ0v) is 15.8. The molecule has 1 aromatic carbocycles. The third-order valence-electron chi connectivity index (χ3n) is 5.37. The van der Waals surface area contributed by atoms with Gasteiger partial charge in [0.25, 0.3) is 0 Å². The molecular weight excluding hydrogens is 315 g/mol. The summed E-state index contributed by atoms with van der Waals surface area (Å²) in [5.41, 5.74) is 1.59. The van der Waals surface area contributed by atoms with Crippen LogP contribution in [0.2, 0.25) is 0 Å². The maximum absolute atomic E-state index is 11.9. The summed E-state index contributed by atoms with van der Waals surface area (Å²) in [5.74, 6) is 1.95. The predicted molar refractivity (Wildman–Crippen MR) is 100.0 cm³/mol. The lowest BCUT2D eigenvalue weighted by atomic mass is 9.89. The van der Waals surface area contributed by atoms with Gasteiger partial charge in [0.2, 0.25) is 0 Å². The lowest BCUT2D eigenvalue weighted by Gasteiger charge is -2.32. The van der Waals surface area contributed by atoms with Crippen molar-refractivity contribution < 1.29 is 14.1 Å². The molecule has 2 fully saturated rings. The van der Waals surface area contributed by atoms with E-state index in [4.69, 9.17) is 9.31 Å². The highest BCUT2D eigenvalue weighted by Crippen LogP contribution is 2.37. The topological polar surface area (TPSA) is 42.0 Å². The lowest BCUT2D eigenvalue weighted by molar-refractivity contribution is 0.00578. The van der Waals surface area contributed by atoms with Crippen molar-refractivity contribution in [2.75, 3.05) is 20.1 Å². The van der Waals surface area contributed by atoms with Crippen LogP contribution in [0.5, 0.6) is 0 Å². The Bertz CT molecular complexity index is 654. The number of carbonyl (C=O) groups is 1. The van der Waals surface area contributed by atoms with Crippen LogP contribution in [0.25, 0.3) is 6.08 Å². The second-order valence-corrected chi connectivity index (χ2v) is 7.85. The second kappa shape index (κ2) is 6.50. The van der Waals surface area contributed by atoms with Crippen LogP contribution in [-0.2, 0) is 15.9 Å². The third-order valence-corrected chi connectivity index (χ3v) is 5.37. The number of likely N-dealkylation sites (N-methyl/N-ethyl adjacent to an activating group) is 1. The Morgan fingerprint density at radius 2 is 1.68 bits per heavy atom. The van der Waals surface area contributed by atoms with Gasteiger partial charge >= 0.3 is 13.1 Å². The number of urea groups is 1. The third kappa shape index (κ3) is 3.75. The molecule has 2 aliphatic rings. The fraction of sp³-hybridized carbons (Fsp3) is 0.526. The average molecular weight is 342 g/mol. The molecule has 0 radical (unpaired) electrons. The van der Waals surface area contributed by atoms with Crippen molar-refractivity contribution >= 4 is 19.2 Å². The van der Waals surface area contributed by atoms with Crippen LogP contribution in [0, 0.1) is 0 Å². The Hall–Kier alpha value is -1.79. The molecule has 0 N–H and O–H groups in total. The first-order chi connectivity index (χ1) is 11.7. The summed E-state index contributed by atoms with van der Waals surface area (Å²) in [5, 5.41) is 0. The van der Waals surface area contributed by atoms with E-state index in [0.717, 1.165) is 24.2 Å². The molecule has 0 spiro atoms.